The highest BCUT2D eigenvalue weighted by Gasteiger charge is 2.52. The first kappa shape index (κ1) is 34.5. The number of nitrogens with zero attached hydrogens (tertiary/aromatic N) is 5. The Morgan fingerprint density at radius 3 is 2.61 bits per heavy atom. The summed E-state index contributed by atoms with van der Waals surface area (Å²) in [5, 5.41) is 7.16. The maximum absolute atomic E-state index is 14.4. The Balaban J connectivity index is 1.31. The number of aromatic nitrogens is 1. The van der Waals surface area contributed by atoms with Gasteiger partial charge in [-0.2, -0.15) is 5.01 Å². The van der Waals surface area contributed by atoms with Crippen LogP contribution in [0.15, 0.2) is 60.7 Å². The summed E-state index contributed by atoms with van der Waals surface area (Å²) in [6.07, 6.45) is 6.44. The van der Waals surface area contributed by atoms with E-state index in [0.29, 0.717) is 27.5 Å². The molecular formula is C36H37Cl2N7O3S. The number of nitrogens with two attached hydrogens (primary N) is 1. The molecule has 3 heterocycles. The van der Waals surface area contributed by atoms with Crippen LogP contribution in [0.1, 0.15) is 48.4 Å². The van der Waals surface area contributed by atoms with Crippen molar-refractivity contribution in [3.05, 3.63) is 93.0 Å². The van der Waals surface area contributed by atoms with Crippen molar-refractivity contribution in [3.8, 4) is 12.3 Å². The van der Waals surface area contributed by atoms with Crippen LogP contribution in [0.3, 0.4) is 0 Å². The second-order valence-corrected chi connectivity index (χ2v) is 14.2. The van der Waals surface area contributed by atoms with Crippen LogP contribution in [-0.4, -0.2) is 74.5 Å². The molecule has 1 aromatic heterocycles. The van der Waals surface area contributed by atoms with Gasteiger partial charge in [-0.3, -0.25) is 9.59 Å². The van der Waals surface area contributed by atoms with E-state index in [4.69, 9.17) is 35.4 Å². The lowest BCUT2D eigenvalue weighted by atomic mass is 9.95. The van der Waals surface area contributed by atoms with Crippen LogP contribution in [-0.2, 0) is 29.1 Å². The summed E-state index contributed by atoms with van der Waals surface area (Å²) in [5.41, 5.74) is 10.5. The molecule has 2 aliphatic heterocycles. The number of fused-ring (bicyclic) bond motifs is 2. The highest BCUT2D eigenvalue weighted by molar-refractivity contribution is 7.22. The molecule has 3 atom stereocenters. The number of benzene rings is 3. The summed E-state index contributed by atoms with van der Waals surface area (Å²) in [5.74, 6) is 2.54. The number of carbonyl (C=O) groups is 3. The lowest BCUT2D eigenvalue weighted by Crippen LogP contribution is -2.66. The maximum atomic E-state index is 14.4. The van der Waals surface area contributed by atoms with Crippen LogP contribution in [0.4, 0.5) is 9.93 Å². The van der Waals surface area contributed by atoms with Crippen molar-refractivity contribution in [1.82, 2.24) is 30.1 Å². The van der Waals surface area contributed by atoms with Gasteiger partial charge in [0.05, 0.1) is 39.9 Å². The molecule has 4 amide bonds. The van der Waals surface area contributed by atoms with Crippen LogP contribution < -0.4 is 11.1 Å². The van der Waals surface area contributed by atoms with Crippen LogP contribution in [0.5, 0.6) is 0 Å². The van der Waals surface area contributed by atoms with Crippen LogP contribution in [0, 0.1) is 12.3 Å². The molecule has 254 valence electrons. The van der Waals surface area contributed by atoms with E-state index in [0.717, 1.165) is 33.3 Å². The zero-order chi connectivity index (χ0) is 34.8. The summed E-state index contributed by atoms with van der Waals surface area (Å²) >= 11 is 13.6. The zero-order valence-electron chi connectivity index (χ0n) is 27.2. The number of para-hydroxylation sites is 1. The molecule has 49 heavy (non-hydrogen) atoms. The van der Waals surface area contributed by atoms with Gasteiger partial charge in [-0.1, -0.05) is 96.8 Å². The second kappa shape index (κ2) is 14.6. The van der Waals surface area contributed by atoms with Crippen molar-refractivity contribution in [2.24, 2.45) is 0 Å². The molecule has 0 spiro atoms. The molecule has 13 heteroatoms. The van der Waals surface area contributed by atoms with Crippen molar-refractivity contribution >= 4 is 67.7 Å². The molecule has 6 rings (SSSR count). The van der Waals surface area contributed by atoms with E-state index in [1.54, 1.807) is 33.0 Å². The number of halogens is 2. The van der Waals surface area contributed by atoms with Crippen molar-refractivity contribution < 1.29 is 14.4 Å². The monoisotopic (exact) mass is 717 g/mol. The van der Waals surface area contributed by atoms with Gasteiger partial charge in [0.1, 0.15) is 12.2 Å². The summed E-state index contributed by atoms with van der Waals surface area (Å²) in [6, 6.07) is 17.9. The average molecular weight is 719 g/mol. The summed E-state index contributed by atoms with van der Waals surface area (Å²) in [6.45, 7) is 4.70. The van der Waals surface area contributed by atoms with Gasteiger partial charge in [0, 0.05) is 19.5 Å². The predicted molar refractivity (Wildman–Crippen MR) is 194 cm³/mol. The first-order chi connectivity index (χ1) is 23.6. The minimum absolute atomic E-state index is 0.0854. The van der Waals surface area contributed by atoms with E-state index in [2.05, 4.69) is 42.2 Å². The van der Waals surface area contributed by atoms with Crippen molar-refractivity contribution in [2.75, 3.05) is 25.4 Å². The Morgan fingerprint density at radius 2 is 1.90 bits per heavy atom. The fourth-order valence-electron chi connectivity index (χ4n) is 6.47. The summed E-state index contributed by atoms with van der Waals surface area (Å²) in [7, 11) is 0. The van der Waals surface area contributed by atoms with Crippen LogP contribution >= 0.6 is 34.5 Å². The smallest absolute Gasteiger partial charge is 0.333 e. The number of rotatable bonds is 10. The van der Waals surface area contributed by atoms with E-state index in [1.165, 1.54) is 21.9 Å². The number of hydrogen-bond acceptors (Lipinski definition) is 7. The quantitative estimate of drug-likeness (QED) is 0.198. The van der Waals surface area contributed by atoms with Gasteiger partial charge in [-0.25, -0.2) is 14.8 Å². The van der Waals surface area contributed by atoms with E-state index >= 15 is 0 Å². The molecule has 0 saturated carbocycles. The number of anilines is 1. The maximum Gasteiger partial charge on any atom is 0.333 e. The normalized spacial score (nSPS) is 18.4. The van der Waals surface area contributed by atoms with Gasteiger partial charge in [-0.15, -0.1) is 6.42 Å². The minimum Gasteiger partial charge on any atom is -0.375 e. The number of hydrogen-bond donors (Lipinski definition) is 2. The number of urea groups is 1. The lowest BCUT2D eigenvalue weighted by molar-refractivity contribution is -0.157. The third-order valence-corrected chi connectivity index (χ3v) is 10.8. The Labute approximate surface area is 299 Å². The molecule has 0 radical (unpaired) electrons. The first-order valence-electron chi connectivity index (χ1n) is 16.1. The molecule has 0 aliphatic carbocycles. The number of terminal acetylenes is 1. The van der Waals surface area contributed by atoms with Gasteiger partial charge >= 0.3 is 6.03 Å². The summed E-state index contributed by atoms with van der Waals surface area (Å²) < 4.78 is 0.926. The molecule has 4 aromatic rings. The Morgan fingerprint density at radius 1 is 1.14 bits per heavy atom. The SMILES string of the molecule is C#CCN(C(=O)NCc1ccc(Cl)c(Cl)c1)N1CC(=O)N2[C@@H](Cc3ccc(C(C)CC)cc3)C(=O)N(Cc3cccc4sc(N)nc34)C[C@@H]21. The van der Waals surface area contributed by atoms with Crippen molar-refractivity contribution in [1.29, 1.82) is 0 Å². The largest absolute Gasteiger partial charge is 0.375 e. The van der Waals surface area contributed by atoms with Gasteiger partial charge < -0.3 is 20.9 Å². The standard InChI is InChI=1S/C36H37Cl2N7O3S/c1-4-15-43(36(48)40-18-24-11-14-27(37)28(38)16-24)44-21-32(46)45-29(17-23-9-12-25(13-10-23)22(3)5-2)34(47)42(20-31(44)45)19-26-7-6-8-30-33(26)41-35(39)49-30/h1,6-14,16,22,29,31H,5,15,17-21H2,2-3H3,(H2,39,41)(H,40,48)/t22?,29-,31+/m0/s1. The zero-order valence-corrected chi connectivity index (χ0v) is 29.6. The molecule has 2 saturated heterocycles. The Hall–Kier alpha value is -4.34. The molecule has 3 N–H and O–H groups in total. The number of thiazole rings is 1. The number of amides is 4. The number of piperazine rings is 1. The fraction of sp³-hybridized carbons (Fsp3) is 0.333. The van der Waals surface area contributed by atoms with E-state index in [9.17, 15) is 14.4 Å². The minimum atomic E-state index is -0.794. The van der Waals surface area contributed by atoms with Crippen LogP contribution in [0.25, 0.3) is 10.2 Å². The molecule has 0 bridgehead atoms. The average Bonchev–Trinajstić information content (AvgIpc) is 3.64. The molecule has 2 aliphatic rings. The summed E-state index contributed by atoms with van der Waals surface area (Å²) in [4.78, 5) is 49.8. The number of carbonyl (C=O) groups excluding carboxylic acids is 3. The van der Waals surface area contributed by atoms with E-state index in [-0.39, 0.29) is 44.5 Å². The second-order valence-electron chi connectivity index (χ2n) is 12.4. The number of hydrazine groups is 1. The van der Waals surface area contributed by atoms with Crippen LogP contribution in [0.2, 0.25) is 10.0 Å². The van der Waals surface area contributed by atoms with Gasteiger partial charge in [0.15, 0.2) is 5.13 Å². The first-order valence-corrected chi connectivity index (χ1v) is 17.7. The molecule has 10 nitrogen and oxygen atoms in total. The van der Waals surface area contributed by atoms with Crippen molar-refractivity contribution in [2.45, 2.75) is 57.9 Å². The third kappa shape index (κ3) is 7.19. The highest BCUT2D eigenvalue weighted by Crippen LogP contribution is 2.33. The van der Waals surface area contributed by atoms with E-state index < -0.39 is 18.2 Å². The molecule has 2 fully saturated rings. The van der Waals surface area contributed by atoms with Gasteiger partial charge in [0.2, 0.25) is 11.8 Å². The van der Waals surface area contributed by atoms with E-state index in [1.807, 2.05) is 30.3 Å². The van der Waals surface area contributed by atoms with Crippen molar-refractivity contribution in [3.63, 3.8) is 0 Å². The number of nitrogen functional groups attached to an aromatic ring is 1. The Kier molecular flexibility index (Phi) is 10.3. The van der Waals surface area contributed by atoms with Gasteiger partial charge in [-0.05, 0) is 52.8 Å². The van der Waals surface area contributed by atoms with Gasteiger partial charge in [0.25, 0.3) is 0 Å². The predicted octanol–water partition coefficient (Wildman–Crippen LogP) is 5.88. The molecule has 1 unspecified atom stereocenters. The number of nitrogens with one attached hydrogen (secondary N) is 1. The lowest BCUT2D eigenvalue weighted by Gasteiger charge is -2.46. The molecule has 3 aromatic carbocycles. The molecular weight excluding hydrogens is 681 g/mol. The fourth-order valence-corrected chi connectivity index (χ4v) is 7.57. The highest BCUT2D eigenvalue weighted by atomic mass is 35.5. The topological polar surface area (TPSA) is 115 Å². The third-order valence-electron chi connectivity index (χ3n) is 9.25. The Bertz CT molecular complexity index is 1930.